The van der Waals surface area contributed by atoms with Gasteiger partial charge in [-0.2, -0.15) is 0 Å². The van der Waals surface area contributed by atoms with Crippen LogP contribution < -0.4 is 5.56 Å². The van der Waals surface area contributed by atoms with Gasteiger partial charge in [0.15, 0.2) is 10.8 Å². The quantitative estimate of drug-likeness (QED) is 0.477. The van der Waals surface area contributed by atoms with Crippen LogP contribution in [0.15, 0.2) is 22.5 Å². The molecule has 0 radical (unpaired) electrons. The van der Waals surface area contributed by atoms with Crippen molar-refractivity contribution < 1.29 is 9.90 Å². The first-order chi connectivity index (χ1) is 16.9. The van der Waals surface area contributed by atoms with Gasteiger partial charge in [-0.1, -0.05) is 56.7 Å². The number of aliphatic hydroxyl groups is 1. The smallest absolute Gasteiger partial charge is 0.264 e. The van der Waals surface area contributed by atoms with Crippen molar-refractivity contribution >= 4 is 28.7 Å². The van der Waals surface area contributed by atoms with Gasteiger partial charge in [-0.3, -0.25) is 14.2 Å². The number of fused-ring (bicyclic) bond motifs is 1. The van der Waals surface area contributed by atoms with Crippen LogP contribution >= 0.6 is 11.8 Å². The molecule has 190 valence electrons. The lowest BCUT2D eigenvalue weighted by molar-refractivity contribution is -0.160. The molecule has 2 saturated carbocycles. The van der Waals surface area contributed by atoms with Gasteiger partial charge in [0.05, 0.1) is 12.1 Å². The minimum Gasteiger partial charge on any atom is -0.387 e. The number of likely N-dealkylation sites (tertiary alicyclic amines) is 1. The second kappa shape index (κ2) is 10.2. The van der Waals surface area contributed by atoms with Gasteiger partial charge in [-0.25, -0.2) is 15.0 Å². The lowest BCUT2D eigenvalue weighted by Gasteiger charge is -2.52. The Kier molecular flexibility index (Phi) is 7.17. The molecule has 2 aromatic rings. The third-order valence-corrected chi connectivity index (χ3v) is 9.41. The van der Waals surface area contributed by atoms with Crippen LogP contribution in [0.5, 0.6) is 0 Å². The number of nitrogens with zero attached hydrogens (tertiary/aromatic N) is 5. The molecule has 3 heterocycles. The molecule has 3 aliphatic rings. The van der Waals surface area contributed by atoms with E-state index in [1.807, 2.05) is 11.2 Å². The summed E-state index contributed by atoms with van der Waals surface area (Å²) in [5.74, 6) is 0.924. The van der Waals surface area contributed by atoms with Crippen LogP contribution in [0.4, 0.5) is 0 Å². The molecule has 1 amide bonds. The van der Waals surface area contributed by atoms with Crippen molar-refractivity contribution in [2.75, 3.05) is 19.3 Å². The van der Waals surface area contributed by atoms with Gasteiger partial charge >= 0.3 is 0 Å². The molecule has 8 nitrogen and oxygen atoms in total. The van der Waals surface area contributed by atoms with Crippen molar-refractivity contribution in [2.24, 2.45) is 11.3 Å². The van der Waals surface area contributed by atoms with Gasteiger partial charge in [-0.15, -0.1) is 0 Å². The number of carbonyl (C=O) groups is 1. The van der Waals surface area contributed by atoms with Crippen LogP contribution in [0.25, 0.3) is 11.0 Å². The predicted molar refractivity (Wildman–Crippen MR) is 136 cm³/mol. The molecule has 1 N–H and O–H groups in total. The molecule has 2 aliphatic carbocycles. The van der Waals surface area contributed by atoms with Crippen molar-refractivity contribution in [3.63, 3.8) is 0 Å². The van der Waals surface area contributed by atoms with Crippen LogP contribution in [0.1, 0.15) is 77.0 Å². The van der Waals surface area contributed by atoms with E-state index in [1.54, 1.807) is 0 Å². The summed E-state index contributed by atoms with van der Waals surface area (Å²) in [6.07, 6.45) is 17.3. The Balaban J connectivity index is 1.33. The summed E-state index contributed by atoms with van der Waals surface area (Å²) in [6, 6.07) is 0. The minimum absolute atomic E-state index is 0.184. The summed E-state index contributed by atoms with van der Waals surface area (Å²) in [6.45, 7) is 1.31. The highest BCUT2D eigenvalue weighted by atomic mass is 32.2. The van der Waals surface area contributed by atoms with Gasteiger partial charge in [0.25, 0.3) is 5.56 Å². The number of rotatable bonds is 6. The molecule has 0 bridgehead atoms. The molecular formula is C26H37N5O3S. The van der Waals surface area contributed by atoms with E-state index in [9.17, 15) is 14.7 Å². The van der Waals surface area contributed by atoms with Gasteiger partial charge in [0.2, 0.25) is 5.91 Å². The minimum atomic E-state index is -1.05. The van der Waals surface area contributed by atoms with Crippen LogP contribution in [-0.4, -0.2) is 60.4 Å². The summed E-state index contributed by atoms with van der Waals surface area (Å²) in [5.41, 5.74) is -1.27. The molecule has 2 aromatic heterocycles. The summed E-state index contributed by atoms with van der Waals surface area (Å²) < 4.78 is 1.52. The maximum atomic E-state index is 13.2. The number of amides is 1. The molecule has 1 atom stereocenters. The fraction of sp³-hybridized carbons (Fsp3) is 0.731. The van der Waals surface area contributed by atoms with Crippen LogP contribution in [0.3, 0.4) is 0 Å². The molecule has 0 aromatic carbocycles. The Morgan fingerprint density at radius 3 is 2.66 bits per heavy atom. The zero-order valence-corrected chi connectivity index (χ0v) is 21.6. The zero-order chi connectivity index (χ0) is 24.5. The number of hydrogen-bond donors (Lipinski definition) is 1. The molecule has 5 rings (SSSR count). The van der Waals surface area contributed by atoms with Crippen LogP contribution in [0.2, 0.25) is 0 Å². The Bertz CT molecular complexity index is 1130. The zero-order valence-electron chi connectivity index (χ0n) is 20.7. The first-order valence-corrected chi connectivity index (χ1v) is 14.4. The molecule has 9 heteroatoms. The van der Waals surface area contributed by atoms with Crippen molar-refractivity contribution in [1.29, 1.82) is 0 Å². The highest BCUT2D eigenvalue weighted by molar-refractivity contribution is 7.98. The Hall–Kier alpha value is -2.00. The molecular weight excluding hydrogens is 462 g/mol. The van der Waals surface area contributed by atoms with E-state index in [0.29, 0.717) is 48.0 Å². The van der Waals surface area contributed by atoms with E-state index in [4.69, 9.17) is 0 Å². The van der Waals surface area contributed by atoms with Crippen molar-refractivity contribution in [3.8, 4) is 0 Å². The SMILES string of the molecule is CSc1ncc2c(=O)n(CC3(O)CCN(C(=O)CCC4CCCCC4)CC34CCCC4)cnc2n1. The van der Waals surface area contributed by atoms with E-state index in [-0.39, 0.29) is 23.4 Å². The molecule has 3 fully saturated rings. The van der Waals surface area contributed by atoms with E-state index >= 15 is 0 Å². The number of aromatic nitrogens is 4. The summed E-state index contributed by atoms with van der Waals surface area (Å²) >= 11 is 1.40. The third-order valence-electron chi connectivity index (χ3n) is 8.85. The van der Waals surface area contributed by atoms with E-state index in [2.05, 4.69) is 15.0 Å². The van der Waals surface area contributed by atoms with Gasteiger partial charge in [0.1, 0.15) is 11.7 Å². The second-order valence-corrected chi connectivity index (χ2v) is 11.7. The average Bonchev–Trinajstić information content (AvgIpc) is 3.36. The molecule has 1 spiro atoms. The monoisotopic (exact) mass is 499 g/mol. The van der Waals surface area contributed by atoms with Gasteiger partial charge < -0.3 is 10.0 Å². The number of thioether (sulfide) groups is 1. The fourth-order valence-corrected chi connectivity index (χ4v) is 7.04. The summed E-state index contributed by atoms with van der Waals surface area (Å²) in [5, 5.41) is 13.0. The molecule has 1 saturated heterocycles. The van der Waals surface area contributed by atoms with Gasteiger partial charge in [-0.05, 0) is 37.9 Å². The van der Waals surface area contributed by atoms with E-state index in [0.717, 1.165) is 32.1 Å². The molecule has 1 aliphatic heterocycles. The fourth-order valence-electron chi connectivity index (χ4n) is 6.70. The maximum Gasteiger partial charge on any atom is 0.264 e. The third kappa shape index (κ3) is 4.86. The van der Waals surface area contributed by atoms with Crippen molar-refractivity contribution in [1.82, 2.24) is 24.4 Å². The highest BCUT2D eigenvalue weighted by Crippen LogP contribution is 2.51. The van der Waals surface area contributed by atoms with E-state index in [1.165, 1.54) is 61.0 Å². The lowest BCUT2D eigenvalue weighted by atomic mass is 9.65. The maximum absolute atomic E-state index is 13.2. The number of hydrogen-bond acceptors (Lipinski definition) is 7. The lowest BCUT2D eigenvalue weighted by Crippen LogP contribution is -2.62. The normalized spacial score (nSPS) is 24.9. The Labute approximate surface area is 210 Å². The largest absolute Gasteiger partial charge is 0.387 e. The highest BCUT2D eigenvalue weighted by Gasteiger charge is 2.55. The van der Waals surface area contributed by atoms with Crippen LogP contribution in [-0.2, 0) is 11.3 Å². The Morgan fingerprint density at radius 1 is 1.14 bits per heavy atom. The summed E-state index contributed by atoms with van der Waals surface area (Å²) in [4.78, 5) is 41.3. The van der Waals surface area contributed by atoms with Gasteiger partial charge in [0, 0.05) is 31.1 Å². The topological polar surface area (TPSA) is 101 Å². The first-order valence-electron chi connectivity index (χ1n) is 13.2. The number of piperidine rings is 1. The molecule has 35 heavy (non-hydrogen) atoms. The standard InChI is InChI=1S/C26H37N5O3S/c1-35-24-27-15-20-22(29-24)28-18-31(23(20)33)17-26(34)13-14-30(16-25(26)11-5-6-12-25)21(32)10-9-19-7-3-2-4-8-19/h15,18-19,34H,2-14,16-17H2,1H3. The Morgan fingerprint density at radius 2 is 1.91 bits per heavy atom. The van der Waals surface area contributed by atoms with E-state index < -0.39 is 5.60 Å². The average molecular weight is 500 g/mol. The van der Waals surface area contributed by atoms with Crippen molar-refractivity contribution in [3.05, 3.63) is 22.9 Å². The first kappa shape index (κ1) is 24.7. The molecule has 1 unspecified atom stereocenters. The number of carbonyl (C=O) groups excluding carboxylic acids is 1. The second-order valence-electron chi connectivity index (χ2n) is 10.9. The van der Waals surface area contributed by atoms with Crippen molar-refractivity contribution in [2.45, 2.75) is 94.4 Å². The predicted octanol–water partition coefficient (Wildman–Crippen LogP) is 3.79. The van der Waals surface area contributed by atoms with Crippen LogP contribution in [0, 0.1) is 11.3 Å². The summed E-state index contributed by atoms with van der Waals surface area (Å²) in [7, 11) is 0.